The number of ether oxygens (including phenoxy) is 1. The van der Waals surface area contributed by atoms with E-state index < -0.39 is 5.41 Å². The number of para-hydroxylation sites is 4. The Labute approximate surface area is 323 Å². The number of hydrogen-bond acceptors (Lipinski definition) is 5. The van der Waals surface area contributed by atoms with Crippen LogP contribution in [-0.4, -0.2) is 14.5 Å². The fourth-order valence-corrected chi connectivity index (χ4v) is 8.83. The Balaban J connectivity index is 1.24. The molecule has 0 saturated carbocycles. The number of rotatable bonds is 6. The van der Waals surface area contributed by atoms with Crippen LogP contribution in [0.4, 0.5) is 17.2 Å². The second-order valence-corrected chi connectivity index (χ2v) is 14.2. The van der Waals surface area contributed by atoms with Crippen LogP contribution in [0.25, 0.3) is 44.4 Å². The third kappa shape index (κ3) is 4.69. The van der Waals surface area contributed by atoms with Gasteiger partial charge in [0.2, 0.25) is 0 Å². The average Bonchev–Trinajstić information content (AvgIpc) is 3.82. The Kier molecular flexibility index (Phi) is 7.19. The van der Waals surface area contributed by atoms with E-state index in [1.165, 1.54) is 0 Å². The van der Waals surface area contributed by atoms with Gasteiger partial charge in [-0.25, -0.2) is 9.97 Å². The van der Waals surface area contributed by atoms with Gasteiger partial charge in [0.05, 0.1) is 33.2 Å². The van der Waals surface area contributed by atoms with Gasteiger partial charge >= 0.3 is 0 Å². The zero-order chi connectivity index (χ0) is 37.2. The van der Waals surface area contributed by atoms with E-state index in [0.29, 0.717) is 11.5 Å². The van der Waals surface area contributed by atoms with E-state index in [2.05, 4.69) is 144 Å². The van der Waals surface area contributed by atoms with Crippen LogP contribution in [0, 0.1) is 0 Å². The number of pyridine rings is 1. The normalized spacial score (nSPS) is 13.2. The predicted molar refractivity (Wildman–Crippen MR) is 224 cm³/mol. The monoisotopic (exact) mass is 722 g/mol. The predicted octanol–water partition coefficient (Wildman–Crippen LogP) is 12.5. The smallest absolute Gasteiger partial charge is 0.146 e. The Bertz CT molecular complexity index is 3040. The van der Waals surface area contributed by atoms with E-state index in [4.69, 9.17) is 19.1 Å². The lowest BCUT2D eigenvalue weighted by atomic mass is 9.62. The molecule has 10 aromatic rings. The summed E-state index contributed by atoms with van der Waals surface area (Å²) in [7, 11) is 2.05. The Morgan fingerprint density at radius 2 is 1.34 bits per heavy atom. The second-order valence-electron chi connectivity index (χ2n) is 14.2. The van der Waals surface area contributed by atoms with Gasteiger partial charge in [-0.3, -0.25) is 4.90 Å². The van der Waals surface area contributed by atoms with Crippen molar-refractivity contribution < 1.29 is 9.15 Å². The van der Waals surface area contributed by atoms with Gasteiger partial charge < -0.3 is 13.7 Å². The molecule has 0 radical (unpaired) electrons. The standard InChI is InChI=1S/C50H34N4O2/c1-53-41-27-12-10-25-39(41)52-49(53)33-17-16-22-36(31-33)55-44-32-42-47(48-46(44)37-23-8-13-28-43(37)56-48)50(34-18-4-2-5-19-34,35-20-6-3-7-21-35)38-24-9-11-26-40(38)54(42)45-29-14-15-30-51-45/h2-32H,1H3. The van der Waals surface area contributed by atoms with Gasteiger partial charge in [0.1, 0.15) is 34.3 Å². The minimum atomic E-state index is -0.773. The molecule has 56 heavy (non-hydrogen) atoms. The molecule has 11 rings (SSSR count). The summed E-state index contributed by atoms with van der Waals surface area (Å²) in [5, 5.41) is 1.88. The third-order valence-corrected chi connectivity index (χ3v) is 11.2. The molecule has 0 aliphatic carbocycles. The fraction of sp³-hybridized carbons (Fsp3) is 0.0400. The topological polar surface area (TPSA) is 56.3 Å². The minimum absolute atomic E-state index is 0.682. The highest BCUT2D eigenvalue weighted by Crippen LogP contribution is 2.61. The quantitative estimate of drug-likeness (QED) is 0.171. The molecule has 0 bridgehead atoms. The first-order chi connectivity index (χ1) is 27.7. The number of aromatic nitrogens is 3. The first kappa shape index (κ1) is 32.0. The van der Waals surface area contributed by atoms with Crippen LogP contribution in [0.3, 0.4) is 0 Å². The van der Waals surface area contributed by atoms with E-state index in [1.54, 1.807) is 0 Å². The van der Waals surface area contributed by atoms with Crippen molar-refractivity contribution in [3.05, 3.63) is 210 Å². The van der Waals surface area contributed by atoms with E-state index in [0.717, 1.165) is 83.8 Å². The Morgan fingerprint density at radius 1 is 0.625 bits per heavy atom. The zero-order valence-electron chi connectivity index (χ0n) is 30.5. The lowest BCUT2D eigenvalue weighted by Gasteiger charge is -2.46. The zero-order valence-corrected chi connectivity index (χ0v) is 30.5. The fourth-order valence-electron chi connectivity index (χ4n) is 8.83. The molecule has 0 saturated heterocycles. The van der Waals surface area contributed by atoms with Crippen molar-refractivity contribution in [1.29, 1.82) is 0 Å². The number of aryl methyl sites for hydroxylation is 1. The van der Waals surface area contributed by atoms with Crippen molar-refractivity contribution >= 4 is 50.2 Å². The van der Waals surface area contributed by atoms with Gasteiger partial charge in [0.15, 0.2) is 0 Å². The molecule has 7 aromatic carbocycles. The maximum atomic E-state index is 7.13. The molecule has 1 aliphatic heterocycles. The van der Waals surface area contributed by atoms with Crippen molar-refractivity contribution in [3.63, 3.8) is 0 Å². The molecule has 0 spiro atoms. The highest BCUT2D eigenvalue weighted by molar-refractivity contribution is 6.13. The molecule has 0 amide bonds. The first-order valence-corrected chi connectivity index (χ1v) is 18.8. The summed E-state index contributed by atoms with van der Waals surface area (Å²) in [4.78, 5) is 12.2. The summed E-state index contributed by atoms with van der Waals surface area (Å²) in [6.45, 7) is 0. The number of imidazole rings is 1. The van der Waals surface area contributed by atoms with Crippen LogP contribution in [0.2, 0.25) is 0 Å². The third-order valence-electron chi connectivity index (χ3n) is 11.2. The van der Waals surface area contributed by atoms with E-state index in [1.807, 2.05) is 60.8 Å². The molecular weight excluding hydrogens is 689 g/mol. The van der Waals surface area contributed by atoms with Crippen LogP contribution in [0.15, 0.2) is 193 Å². The largest absolute Gasteiger partial charge is 0.456 e. The summed E-state index contributed by atoms with van der Waals surface area (Å²) in [5.74, 6) is 3.04. The van der Waals surface area contributed by atoms with Crippen molar-refractivity contribution in [1.82, 2.24) is 14.5 Å². The molecular formula is C50H34N4O2. The number of anilines is 3. The Hall–Kier alpha value is -7.44. The van der Waals surface area contributed by atoms with Crippen molar-refractivity contribution in [2.75, 3.05) is 4.90 Å². The lowest BCUT2D eigenvalue weighted by Crippen LogP contribution is -2.38. The van der Waals surface area contributed by atoms with Crippen LogP contribution in [-0.2, 0) is 12.5 Å². The van der Waals surface area contributed by atoms with Gasteiger partial charge in [-0.1, -0.05) is 127 Å². The summed E-state index contributed by atoms with van der Waals surface area (Å²) >= 11 is 0. The average molecular weight is 723 g/mol. The van der Waals surface area contributed by atoms with Gasteiger partial charge in [-0.2, -0.15) is 0 Å². The molecule has 0 unspecified atom stereocenters. The molecule has 1 aliphatic rings. The van der Waals surface area contributed by atoms with Gasteiger partial charge in [-0.15, -0.1) is 0 Å². The van der Waals surface area contributed by atoms with Crippen LogP contribution < -0.4 is 9.64 Å². The Morgan fingerprint density at radius 3 is 2.12 bits per heavy atom. The molecule has 3 aromatic heterocycles. The van der Waals surface area contributed by atoms with Crippen molar-refractivity contribution in [2.24, 2.45) is 7.05 Å². The van der Waals surface area contributed by atoms with Gasteiger partial charge in [0.25, 0.3) is 0 Å². The van der Waals surface area contributed by atoms with E-state index in [-0.39, 0.29) is 0 Å². The first-order valence-electron chi connectivity index (χ1n) is 18.8. The molecule has 6 nitrogen and oxygen atoms in total. The molecule has 4 heterocycles. The molecule has 0 fully saturated rings. The molecule has 0 atom stereocenters. The van der Waals surface area contributed by atoms with Crippen molar-refractivity contribution in [3.8, 4) is 22.9 Å². The maximum absolute atomic E-state index is 7.13. The van der Waals surface area contributed by atoms with Gasteiger partial charge in [-0.05, 0) is 65.2 Å². The van der Waals surface area contributed by atoms with Crippen LogP contribution >= 0.6 is 0 Å². The van der Waals surface area contributed by atoms with Crippen molar-refractivity contribution in [2.45, 2.75) is 5.41 Å². The van der Waals surface area contributed by atoms with E-state index >= 15 is 0 Å². The highest BCUT2D eigenvalue weighted by atomic mass is 16.5. The van der Waals surface area contributed by atoms with E-state index in [9.17, 15) is 0 Å². The summed E-state index contributed by atoms with van der Waals surface area (Å²) in [5.41, 5.74) is 10.1. The number of fused-ring (bicyclic) bond motifs is 7. The van der Waals surface area contributed by atoms with Crippen LogP contribution in [0.5, 0.6) is 11.5 Å². The number of nitrogens with zero attached hydrogens (tertiary/aromatic N) is 4. The maximum Gasteiger partial charge on any atom is 0.146 e. The SMILES string of the molecule is Cn1c(-c2cccc(Oc3cc4c(c5oc6ccccc6c35)C(c3ccccc3)(c3ccccc3)c3ccccc3N4c3ccccn3)c2)nc2ccccc21. The number of furan rings is 1. The van der Waals surface area contributed by atoms with Gasteiger partial charge in [0, 0.05) is 35.8 Å². The highest BCUT2D eigenvalue weighted by Gasteiger charge is 2.49. The second kappa shape index (κ2) is 12.6. The van der Waals surface area contributed by atoms with Crippen LogP contribution in [0.1, 0.15) is 22.3 Å². The molecule has 6 heteroatoms. The molecule has 0 N–H and O–H groups in total. The summed E-state index contributed by atoms with van der Waals surface area (Å²) < 4.78 is 16.4. The summed E-state index contributed by atoms with van der Waals surface area (Å²) in [6.07, 6.45) is 1.84. The lowest BCUT2D eigenvalue weighted by molar-refractivity contribution is 0.488. The minimum Gasteiger partial charge on any atom is -0.456 e. The number of hydrogen-bond donors (Lipinski definition) is 0. The molecule has 266 valence electrons. The number of benzene rings is 7. The summed E-state index contributed by atoms with van der Waals surface area (Å²) in [6, 6.07) is 63.1.